The summed E-state index contributed by atoms with van der Waals surface area (Å²) in [6.07, 6.45) is 2.10. The quantitative estimate of drug-likeness (QED) is 0.701. The van der Waals surface area contributed by atoms with Gasteiger partial charge in [0.2, 0.25) is 10.0 Å². The van der Waals surface area contributed by atoms with Crippen molar-refractivity contribution in [3.8, 4) is 0 Å². The van der Waals surface area contributed by atoms with Crippen LogP contribution in [0, 0.1) is 0 Å². The SMILES string of the molecule is CCN(c1cc(N2CCCNCC2)ccc1NS(=O)[O-])S(C)(=O)=O. The van der Waals surface area contributed by atoms with Crippen molar-refractivity contribution in [2.24, 2.45) is 0 Å². The third kappa shape index (κ3) is 4.82. The van der Waals surface area contributed by atoms with Gasteiger partial charge in [-0.2, -0.15) is 0 Å². The van der Waals surface area contributed by atoms with E-state index in [1.165, 1.54) is 4.31 Å². The maximum Gasteiger partial charge on any atom is 0.232 e. The van der Waals surface area contributed by atoms with Gasteiger partial charge in [0.15, 0.2) is 0 Å². The zero-order valence-corrected chi connectivity index (χ0v) is 15.5. The van der Waals surface area contributed by atoms with Crippen LogP contribution < -0.4 is 19.2 Å². The molecule has 1 saturated heterocycles. The van der Waals surface area contributed by atoms with E-state index in [4.69, 9.17) is 0 Å². The van der Waals surface area contributed by atoms with Gasteiger partial charge in [-0.1, -0.05) is 0 Å². The Morgan fingerprint density at radius 1 is 1.38 bits per heavy atom. The van der Waals surface area contributed by atoms with Crippen LogP contribution in [0.2, 0.25) is 0 Å². The molecule has 8 nitrogen and oxygen atoms in total. The average molecular weight is 375 g/mol. The predicted octanol–water partition coefficient (Wildman–Crippen LogP) is 0.478. The van der Waals surface area contributed by atoms with Crippen molar-refractivity contribution in [2.75, 3.05) is 52.9 Å². The number of rotatable bonds is 6. The highest BCUT2D eigenvalue weighted by molar-refractivity contribution is 7.92. The molecule has 1 aromatic carbocycles. The van der Waals surface area contributed by atoms with Crippen LogP contribution in [0.15, 0.2) is 18.2 Å². The highest BCUT2D eigenvalue weighted by Gasteiger charge is 2.21. The van der Waals surface area contributed by atoms with Crippen LogP contribution in [0.5, 0.6) is 0 Å². The van der Waals surface area contributed by atoms with E-state index in [-0.39, 0.29) is 12.2 Å². The Balaban J connectivity index is 2.46. The number of benzene rings is 1. The zero-order chi connectivity index (χ0) is 17.7. The van der Waals surface area contributed by atoms with Crippen molar-refractivity contribution in [2.45, 2.75) is 13.3 Å². The van der Waals surface area contributed by atoms with Crippen molar-refractivity contribution in [1.29, 1.82) is 0 Å². The second-order valence-corrected chi connectivity index (χ2v) is 8.14. The van der Waals surface area contributed by atoms with E-state index in [1.807, 2.05) is 0 Å². The maximum absolute atomic E-state index is 12.1. The molecule has 1 heterocycles. The molecule has 24 heavy (non-hydrogen) atoms. The van der Waals surface area contributed by atoms with Crippen molar-refractivity contribution >= 4 is 38.4 Å². The average Bonchev–Trinajstić information content (AvgIpc) is 2.76. The molecule has 0 aliphatic carbocycles. The summed E-state index contributed by atoms with van der Waals surface area (Å²) in [6, 6.07) is 5.14. The van der Waals surface area contributed by atoms with Crippen LogP contribution in [-0.2, 0) is 21.3 Å². The van der Waals surface area contributed by atoms with Gasteiger partial charge < -0.3 is 19.5 Å². The molecule has 10 heteroatoms. The highest BCUT2D eigenvalue weighted by atomic mass is 32.2. The zero-order valence-electron chi connectivity index (χ0n) is 13.8. The summed E-state index contributed by atoms with van der Waals surface area (Å²) in [5.41, 5.74) is 1.45. The molecule has 136 valence electrons. The fourth-order valence-electron chi connectivity index (χ4n) is 2.79. The van der Waals surface area contributed by atoms with Gasteiger partial charge in [0, 0.05) is 43.1 Å². The number of anilines is 3. The van der Waals surface area contributed by atoms with Crippen molar-refractivity contribution in [3.63, 3.8) is 0 Å². The molecule has 0 saturated carbocycles. The van der Waals surface area contributed by atoms with Gasteiger partial charge in [0.25, 0.3) is 0 Å². The molecule has 0 amide bonds. The van der Waals surface area contributed by atoms with E-state index < -0.39 is 21.3 Å². The molecular weight excluding hydrogens is 352 g/mol. The molecule has 2 N–H and O–H groups in total. The first-order valence-corrected chi connectivity index (χ1v) is 10.7. The summed E-state index contributed by atoms with van der Waals surface area (Å²) >= 11 is -2.53. The van der Waals surface area contributed by atoms with Gasteiger partial charge in [-0.05, 0) is 38.1 Å². The molecule has 0 aromatic heterocycles. The van der Waals surface area contributed by atoms with Crippen LogP contribution in [0.1, 0.15) is 13.3 Å². The monoisotopic (exact) mass is 375 g/mol. The van der Waals surface area contributed by atoms with Crippen LogP contribution in [0.25, 0.3) is 0 Å². The minimum absolute atomic E-state index is 0.212. The Morgan fingerprint density at radius 3 is 2.75 bits per heavy atom. The molecule has 1 unspecified atom stereocenters. The van der Waals surface area contributed by atoms with Crippen molar-refractivity contribution in [3.05, 3.63) is 18.2 Å². The summed E-state index contributed by atoms with van der Waals surface area (Å²) in [5, 5.41) is 3.32. The highest BCUT2D eigenvalue weighted by Crippen LogP contribution is 2.33. The first-order chi connectivity index (χ1) is 11.3. The van der Waals surface area contributed by atoms with Crippen molar-refractivity contribution < 1.29 is 17.2 Å². The van der Waals surface area contributed by atoms with E-state index in [0.29, 0.717) is 5.69 Å². The third-order valence-corrected chi connectivity index (χ3v) is 5.48. The molecule has 1 atom stereocenters. The summed E-state index contributed by atoms with van der Waals surface area (Å²) in [4.78, 5) is 2.16. The number of hydrogen-bond donors (Lipinski definition) is 2. The summed E-state index contributed by atoms with van der Waals surface area (Å²) < 4.78 is 49.6. The van der Waals surface area contributed by atoms with E-state index in [9.17, 15) is 17.2 Å². The van der Waals surface area contributed by atoms with Gasteiger partial charge in [-0.15, -0.1) is 0 Å². The van der Waals surface area contributed by atoms with Crippen LogP contribution in [-0.4, -0.2) is 56.2 Å². The first kappa shape index (κ1) is 19.0. The summed E-state index contributed by atoms with van der Waals surface area (Å²) in [7, 11) is -3.52. The van der Waals surface area contributed by atoms with Gasteiger partial charge >= 0.3 is 0 Å². The van der Waals surface area contributed by atoms with Gasteiger partial charge in [0.05, 0.1) is 17.6 Å². The lowest BCUT2D eigenvalue weighted by Crippen LogP contribution is -2.31. The topological polar surface area (TPSA) is 105 Å². The Hall–Kier alpha value is -1.36. The van der Waals surface area contributed by atoms with Crippen LogP contribution >= 0.6 is 0 Å². The Bertz CT molecular complexity index is 688. The predicted molar refractivity (Wildman–Crippen MR) is 96.5 cm³/mol. The fraction of sp³-hybridized carbons (Fsp3) is 0.571. The molecular formula is C14H23N4O4S2-. The second kappa shape index (κ2) is 8.15. The van der Waals surface area contributed by atoms with Gasteiger partial charge in [-0.25, -0.2) is 8.42 Å². The molecule has 0 bridgehead atoms. The summed E-state index contributed by atoms with van der Waals surface area (Å²) in [5.74, 6) is 0. The van der Waals surface area contributed by atoms with Crippen molar-refractivity contribution in [1.82, 2.24) is 5.32 Å². The Labute approximate surface area is 145 Å². The van der Waals surface area contributed by atoms with E-state index in [1.54, 1.807) is 25.1 Å². The first-order valence-electron chi connectivity index (χ1n) is 7.76. The minimum atomic E-state index is -3.52. The second-order valence-electron chi connectivity index (χ2n) is 5.56. The molecule has 1 aliphatic rings. The van der Waals surface area contributed by atoms with Gasteiger partial charge in [-0.3, -0.25) is 8.51 Å². The molecule has 0 spiro atoms. The Morgan fingerprint density at radius 2 is 2.12 bits per heavy atom. The van der Waals surface area contributed by atoms with E-state index in [0.717, 1.165) is 44.5 Å². The smallest absolute Gasteiger partial charge is 0.232 e. The minimum Gasteiger partial charge on any atom is -0.755 e. The largest absolute Gasteiger partial charge is 0.755 e. The summed E-state index contributed by atoms with van der Waals surface area (Å²) in [6.45, 7) is 5.39. The molecule has 2 rings (SSSR count). The Kier molecular flexibility index (Phi) is 6.44. The van der Waals surface area contributed by atoms with E-state index >= 15 is 0 Å². The molecule has 1 aromatic rings. The molecule has 1 aliphatic heterocycles. The standard InChI is InChI=1S/C14H24N4O4S2/c1-3-18(24(2,21)22)14-11-12(5-6-13(14)16-23(19)20)17-9-4-7-15-8-10-17/h5-6,11,15-16H,3-4,7-10H2,1-2H3,(H,19,20)/p-1. The van der Waals surface area contributed by atoms with E-state index in [2.05, 4.69) is 14.9 Å². The number of nitrogens with one attached hydrogen (secondary N) is 2. The fourth-order valence-corrected chi connectivity index (χ4v) is 4.12. The van der Waals surface area contributed by atoms with Crippen LogP contribution in [0.3, 0.4) is 0 Å². The lowest BCUT2D eigenvalue weighted by Gasteiger charge is -2.28. The maximum atomic E-state index is 12.1. The molecule has 0 radical (unpaired) electrons. The molecule has 1 fully saturated rings. The number of nitrogens with zero attached hydrogens (tertiary/aromatic N) is 2. The third-order valence-electron chi connectivity index (χ3n) is 3.84. The van der Waals surface area contributed by atoms with Crippen LogP contribution in [0.4, 0.5) is 17.1 Å². The van der Waals surface area contributed by atoms with Gasteiger partial charge in [0.1, 0.15) is 0 Å². The number of sulfonamides is 1. The normalized spacial score (nSPS) is 17.2. The number of hydrogen-bond acceptors (Lipinski definition) is 6. The lowest BCUT2D eigenvalue weighted by atomic mass is 10.2. The lowest BCUT2D eigenvalue weighted by molar-refractivity contribution is 0.542.